The number of amides is 1. The van der Waals surface area contributed by atoms with E-state index in [9.17, 15) is 4.79 Å². The molecule has 0 aliphatic rings. The third-order valence-electron chi connectivity index (χ3n) is 2.97. The minimum atomic E-state index is 0.211. The lowest BCUT2D eigenvalue weighted by molar-refractivity contribution is -0.131. The monoisotopic (exact) mass is 242 g/mol. The van der Waals surface area contributed by atoms with Crippen LogP contribution in [0.5, 0.6) is 0 Å². The van der Waals surface area contributed by atoms with Crippen LogP contribution in [-0.2, 0) is 4.79 Å². The van der Waals surface area contributed by atoms with E-state index in [0.29, 0.717) is 12.3 Å². The van der Waals surface area contributed by atoms with Gasteiger partial charge in [-0.05, 0) is 32.6 Å². The van der Waals surface area contributed by atoms with Crippen molar-refractivity contribution in [2.75, 3.05) is 13.1 Å². The molecule has 0 spiro atoms. The maximum Gasteiger partial charge on any atom is 0.222 e. The Morgan fingerprint density at radius 1 is 1.12 bits per heavy atom. The Bertz CT molecular complexity index is 185. The summed E-state index contributed by atoms with van der Waals surface area (Å²) in [6.45, 7) is 8.18. The summed E-state index contributed by atoms with van der Waals surface area (Å²) < 4.78 is 0. The third kappa shape index (κ3) is 9.16. The topological polar surface area (TPSA) is 46.3 Å². The fourth-order valence-electron chi connectivity index (χ4n) is 1.79. The first-order valence-electron chi connectivity index (χ1n) is 7.15. The largest absolute Gasteiger partial charge is 0.343 e. The Labute approximate surface area is 107 Å². The van der Waals surface area contributed by atoms with E-state index in [4.69, 9.17) is 5.73 Å². The van der Waals surface area contributed by atoms with Crippen LogP contribution in [0, 0.1) is 0 Å². The van der Waals surface area contributed by atoms with Crippen molar-refractivity contribution >= 4 is 5.91 Å². The van der Waals surface area contributed by atoms with Crippen molar-refractivity contribution in [1.82, 2.24) is 4.90 Å². The average molecular weight is 242 g/mol. The zero-order chi connectivity index (χ0) is 13.1. The van der Waals surface area contributed by atoms with Gasteiger partial charge >= 0.3 is 0 Å². The summed E-state index contributed by atoms with van der Waals surface area (Å²) in [4.78, 5) is 14.1. The maximum absolute atomic E-state index is 12.0. The van der Waals surface area contributed by atoms with Crippen LogP contribution in [0.1, 0.15) is 65.7 Å². The lowest BCUT2D eigenvalue weighted by atomic mass is 10.1. The minimum Gasteiger partial charge on any atom is -0.343 e. The van der Waals surface area contributed by atoms with Gasteiger partial charge in [-0.15, -0.1) is 0 Å². The molecule has 1 amide bonds. The van der Waals surface area contributed by atoms with Gasteiger partial charge in [-0.2, -0.15) is 0 Å². The Hall–Kier alpha value is -0.570. The van der Waals surface area contributed by atoms with Crippen molar-refractivity contribution in [3.63, 3.8) is 0 Å². The Kier molecular flexibility index (Phi) is 10.2. The molecule has 0 bridgehead atoms. The smallest absolute Gasteiger partial charge is 0.222 e. The molecule has 102 valence electrons. The molecule has 2 N–H and O–H groups in total. The van der Waals surface area contributed by atoms with Gasteiger partial charge in [0.15, 0.2) is 0 Å². The normalized spacial score (nSPS) is 12.5. The highest BCUT2D eigenvalue weighted by Gasteiger charge is 2.12. The highest BCUT2D eigenvalue weighted by Crippen LogP contribution is 2.06. The summed E-state index contributed by atoms with van der Waals surface area (Å²) in [7, 11) is 0. The van der Waals surface area contributed by atoms with Crippen molar-refractivity contribution in [3.8, 4) is 0 Å². The van der Waals surface area contributed by atoms with Crippen LogP contribution >= 0.6 is 0 Å². The SMILES string of the molecule is CCCCN(CCCC)C(=O)CCCC(C)N. The van der Waals surface area contributed by atoms with Gasteiger partial charge in [0.2, 0.25) is 5.91 Å². The number of carbonyl (C=O) groups excluding carboxylic acids is 1. The predicted octanol–water partition coefficient (Wildman–Crippen LogP) is 2.93. The van der Waals surface area contributed by atoms with E-state index in [2.05, 4.69) is 13.8 Å². The van der Waals surface area contributed by atoms with Crippen LogP contribution in [0.4, 0.5) is 0 Å². The van der Waals surface area contributed by atoms with Crippen LogP contribution in [0.2, 0.25) is 0 Å². The lowest BCUT2D eigenvalue weighted by Crippen LogP contribution is -2.33. The summed E-state index contributed by atoms with van der Waals surface area (Å²) in [5.41, 5.74) is 5.69. The first-order chi connectivity index (χ1) is 8.11. The molecule has 0 fully saturated rings. The van der Waals surface area contributed by atoms with Crippen LogP contribution < -0.4 is 5.73 Å². The molecule has 3 nitrogen and oxygen atoms in total. The Morgan fingerprint density at radius 2 is 1.65 bits per heavy atom. The molecule has 0 heterocycles. The molecule has 3 heteroatoms. The molecular weight excluding hydrogens is 212 g/mol. The van der Waals surface area contributed by atoms with Gasteiger partial charge in [-0.3, -0.25) is 4.79 Å². The average Bonchev–Trinajstić information content (AvgIpc) is 2.28. The summed E-state index contributed by atoms with van der Waals surface area (Å²) in [5.74, 6) is 0.313. The van der Waals surface area contributed by atoms with E-state index in [-0.39, 0.29) is 6.04 Å². The first-order valence-corrected chi connectivity index (χ1v) is 7.15. The second-order valence-electron chi connectivity index (χ2n) is 4.96. The molecule has 17 heavy (non-hydrogen) atoms. The standard InChI is InChI=1S/C14H30N2O/c1-4-6-11-16(12-7-5-2)14(17)10-8-9-13(3)15/h13H,4-12,15H2,1-3H3. The number of hydrogen-bond donors (Lipinski definition) is 1. The van der Waals surface area contributed by atoms with Crippen LogP contribution in [0.15, 0.2) is 0 Å². The molecule has 0 saturated heterocycles. The van der Waals surface area contributed by atoms with Crippen molar-refractivity contribution in [1.29, 1.82) is 0 Å². The molecule has 0 aliphatic carbocycles. The van der Waals surface area contributed by atoms with E-state index in [0.717, 1.165) is 51.6 Å². The van der Waals surface area contributed by atoms with Crippen LogP contribution in [-0.4, -0.2) is 29.9 Å². The molecule has 1 atom stereocenters. The summed E-state index contributed by atoms with van der Waals surface area (Å²) in [6.07, 6.45) is 7.05. The first kappa shape index (κ1) is 16.4. The molecule has 0 aromatic heterocycles. The van der Waals surface area contributed by atoms with Gasteiger partial charge in [0, 0.05) is 25.6 Å². The van der Waals surface area contributed by atoms with Gasteiger partial charge < -0.3 is 10.6 Å². The highest BCUT2D eigenvalue weighted by atomic mass is 16.2. The number of carbonyl (C=O) groups is 1. The van der Waals surface area contributed by atoms with Crippen molar-refractivity contribution < 1.29 is 4.79 Å². The fourth-order valence-corrected chi connectivity index (χ4v) is 1.79. The molecule has 0 rings (SSSR count). The van der Waals surface area contributed by atoms with E-state index in [1.54, 1.807) is 0 Å². The second-order valence-corrected chi connectivity index (χ2v) is 4.96. The van der Waals surface area contributed by atoms with Crippen molar-refractivity contribution in [3.05, 3.63) is 0 Å². The summed E-state index contributed by atoms with van der Waals surface area (Å²) >= 11 is 0. The quantitative estimate of drug-likeness (QED) is 0.640. The summed E-state index contributed by atoms with van der Waals surface area (Å²) in [5, 5.41) is 0. The second kappa shape index (κ2) is 10.6. The number of nitrogens with two attached hydrogens (primary N) is 1. The van der Waals surface area contributed by atoms with E-state index < -0.39 is 0 Å². The zero-order valence-corrected chi connectivity index (χ0v) is 11.9. The molecular formula is C14H30N2O. The molecule has 0 saturated carbocycles. The minimum absolute atomic E-state index is 0.211. The third-order valence-corrected chi connectivity index (χ3v) is 2.97. The Balaban J connectivity index is 3.93. The molecule has 0 aromatic rings. The fraction of sp³-hybridized carbons (Fsp3) is 0.929. The lowest BCUT2D eigenvalue weighted by Gasteiger charge is -2.22. The van der Waals surface area contributed by atoms with E-state index in [1.807, 2.05) is 11.8 Å². The van der Waals surface area contributed by atoms with Gasteiger partial charge in [0.1, 0.15) is 0 Å². The van der Waals surface area contributed by atoms with Crippen LogP contribution in [0.3, 0.4) is 0 Å². The maximum atomic E-state index is 12.0. The number of unbranched alkanes of at least 4 members (excludes halogenated alkanes) is 2. The number of hydrogen-bond acceptors (Lipinski definition) is 2. The van der Waals surface area contributed by atoms with Crippen LogP contribution in [0.25, 0.3) is 0 Å². The predicted molar refractivity (Wildman–Crippen MR) is 73.9 cm³/mol. The van der Waals surface area contributed by atoms with Gasteiger partial charge in [0.25, 0.3) is 0 Å². The zero-order valence-electron chi connectivity index (χ0n) is 11.9. The Morgan fingerprint density at radius 3 is 2.06 bits per heavy atom. The molecule has 0 aliphatic heterocycles. The number of nitrogens with zero attached hydrogens (tertiary/aromatic N) is 1. The molecule has 0 radical (unpaired) electrons. The van der Waals surface area contributed by atoms with Crippen molar-refractivity contribution in [2.24, 2.45) is 5.73 Å². The highest BCUT2D eigenvalue weighted by molar-refractivity contribution is 5.76. The van der Waals surface area contributed by atoms with Crippen molar-refractivity contribution in [2.45, 2.75) is 71.8 Å². The summed E-state index contributed by atoms with van der Waals surface area (Å²) in [6, 6.07) is 0.211. The van der Waals surface area contributed by atoms with E-state index in [1.165, 1.54) is 0 Å². The molecule has 1 unspecified atom stereocenters. The molecule has 0 aromatic carbocycles. The van der Waals surface area contributed by atoms with Gasteiger partial charge in [0.05, 0.1) is 0 Å². The number of rotatable bonds is 10. The van der Waals surface area contributed by atoms with E-state index >= 15 is 0 Å². The van der Waals surface area contributed by atoms with Gasteiger partial charge in [-0.1, -0.05) is 26.7 Å². The van der Waals surface area contributed by atoms with Gasteiger partial charge in [-0.25, -0.2) is 0 Å².